The summed E-state index contributed by atoms with van der Waals surface area (Å²) in [4.78, 5) is 12.0. The van der Waals surface area contributed by atoms with Gasteiger partial charge < -0.3 is 9.47 Å². The summed E-state index contributed by atoms with van der Waals surface area (Å²) in [6.45, 7) is 2.18. The molecule has 0 amide bonds. The molecule has 10 rings (SSSR count). The maximum atomic E-state index is 5.08. The molecule has 0 saturated carbocycles. The highest BCUT2D eigenvalue weighted by molar-refractivity contribution is 6.11. The largest absolute Gasteiger partial charge is 0.310 e. The lowest BCUT2D eigenvalue weighted by Gasteiger charge is -2.25. The van der Waals surface area contributed by atoms with Gasteiger partial charge in [-0.2, -0.15) is 0 Å². The number of para-hydroxylation sites is 3. The number of aromatic nitrogens is 3. The number of hydrogen-bond acceptors (Lipinski definition) is 3. The van der Waals surface area contributed by atoms with E-state index in [1.165, 1.54) is 38.5 Å². The topological polar surface area (TPSA) is 34.0 Å². The van der Waals surface area contributed by atoms with Gasteiger partial charge in [0.05, 0.1) is 27.8 Å². The molecule has 4 heteroatoms. The second-order valence-electron chi connectivity index (χ2n) is 13.5. The lowest BCUT2D eigenvalue weighted by atomic mass is 9.97. The number of benzene rings is 7. The summed E-state index contributed by atoms with van der Waals surface area (Å²) < 4.78 is 2.38. The van der Waals surface area contributed by atoms with Gasteiger partial charge in [0.1, 0.15) is 0 Å². The molecule has 10 aromatic rings. The van der Waals surface area contributed by atoms with Crippen molar-refractivity contribution in [2.75, 3.05) is 4.90 Å². The standard InChI is InChI=1S/C49H34N4/c1-33-31-37(45-28-23-36-19-18-35-11-10-30-50-48(35)49(36)51-45)22-27-42(33)34-20-24-40(25-21-34)53-46-17-9-8-16-43(46)44-32-41(26-29-47(44)53)52(38-12-4-2-5-13-38)39-14-6-3-7-15-39/h2-32H,1H3. The molecule has 3 heterocycles. The Hall–Kier alpha value is -7.04. The molecule has 0 N–H and O–H groups in total. The Bertz CT molecular complexity index is 2910. The Morgan fingerprint density at radius 2 is 1.13 bits per heavy atom. The first-order valence-electron chi connectivity index (χ1n) is 18.0. The van der Waals surface area contributed by atoms with Gasteiger partial charge in [-0.25, -0.2) is 4.98 Å². The number of aryl methyl sites for hydroxylation is 1. The summed E-state index contributed by atoms with van der Waals surface area (Å²) >= 11 is 0. The van der Waals surface area contributed by atoms with E-state index >= 15 is 0 Å². The SMILES string of the molecule is Cc1cc(-c2ccc3ccc4cccnc4c3n2)ccc1-c1ccc(-n2c3ccccc3c3cc(N(c4ccccc4)c4ccccc4)ccc32)cc1. The van der Waals surface area contributed by atoms with E-state index in [4.69, 9.17) is 4.98 Å². The summed E-state index contributed by atoms with van der Waals surface area (Å²) in [5.74, 6) is 0. The minimum atomic E-state index is 0.934. The van der Waals surface area contributed by atoms with Crippen LogP contribution in [0, 0.1) is 6.92 Å². The third-order valence-electron chi connectivity index (χ3n) is 10.3. The number of nitrogens with zero attached hydrogens (tertiary/aromatic N) is 4. The third kappa shape index (κ3) is 5.31. The van der Waals surface area contributed by atoms with Crippen molar-refractivity contribution in [2.45, 2.75) is 6.92 Å². The van der Waals surface area contributed by atoms with Gasteiger partial charge >= 0.3 is 0 Å². The van der Waals surface area contributed by atoms with E-state index in [2.05, 4.69) is 197 Å². The molecule has 0 radical (unpaired) electrons. The molecule has 4 nitrogen and oxygen atoms in total. The van der Waals surface area contributed by atoms with Crippen LogP contribution in [0.4, 0.5) is 17.1 Å². The first-order chi connectivity index (χ1) is 26.2. The first kappa shape index (κ1) is 30.8. The van der Waals surface area contributed by atoms with Crippen molar-refractivity contribution in [3.8, 4) is 28.1 Å². The molecule has 0 unspecified atom stereocenters. The Kier molecular flexibility index (Phi) is 7.33. The van der Waals surface area contributed by atoms with E-state index in [9.17, 15) is 0 Å². The second kappa shape index (κ2) is 12.6. The van der Waals surface area contributed by atoms with E-state index < -0.39 is 0 Å². The van der Waals surface area contributed by atoms with E-state index in [1.807, 2.05) is 12.3 Å². The summed E-state index contributed by atoms with van der Waals surface area (Å²) in [5.41, 5.74) is 14.4. The van der Waals surface area contributed by atoms with Crippen LogP contribution in [-0.4, -0.2) is 14.5 Å². The second-order valence-corrected chi connectivity index (χ2v) is 13.5. The Labute approximate surface area is 307 Å². The molecule has 0 fully saturated rings. The minimum absolute atomic E-state index is 0.934. The Morgan fingerprint density at radius 1 is 0.472 bits per heavy atom. The van der Waals surface area contributed by atoms with Crippen molar-refractivity contribution in [1.29, 1.82) is 0 Å². The van der Waals surface area contributed by atoms with Gasteiger partial charge in [0.25, 0.3) is 0 Å². The van der Waals surface area contributed by atoms with Gasteiger partial charge in [-0.05, 0) is 102 Å². The summed E-state index contributed by atoms with van der Waals surface area (Å²) in [6, 6.07) is 64.9. The van der Waals surface area contributed by atoms with Crippen LogP contribution in [0.3, 0.4) is 0 Å². The molecule has 0 saturated heterocycles. The van der Waals surface area contributed by atoms with Gasteiger partial charge in [0.15, 0.2) is 0 Å². The summed E-state index contributed by atoms with van der Waals surface area (Å²) in [6.07, 6.45) is 1.84. The van der Waals surface area contributed by atoms with Gasteiger partial charge in [0.2, 0.25) is 0 Å². The summed E-state index contributed by atoms with van der Waals surface area (Å²) in [7, 11) is 0. The average Bonchev–Trinajstić information content (AvgIpc) is 3.55. The van der Waals surface area contributed by atoms with E-state index in [1.54, 1.807) is 0 Å². The molecule has 0 aliphatic heterocycles. The zero-order valence-corrected chi connectivity index (χ0v) is 29.2. The normalized spacial score (nSPS) is 11.5. The minimum Gasteiger partial charge on any atom is -0.310 e. The third-order valence-corrected chi connectivity index (χ3v) is 10.3. The molecule has 0 atom stereocenters. The van der Waals surface area contributed by atoms with Crippen LogP contribution in [0.2, 0.25) is 0 Å². The van der Waals surface area contributed by atoms with Gasteiger partial charge in [-0.3, -0.25) is 4.98 Å². The van der Waals surface area contributed by atoms with Gasteiger partial charge in [-0.1, -0.05) is 103 Å². The fraction of sp³-hybridized carbons (Fsp3) is 0.0204. The van der Waals surface area contributed by atoms with Crippen molar-refractivity contribution in [3.05, 3.63) is 194 Å². The van der Waals surface area contributed by atoms with Gasteiger partial charge in [0, 0.05) is 56.1 Å². The highest BCUT2D eigenvalue weighted by Gasteiger charge is 2.17. The molecular weight excluding hydrogens is 645 g/mol. The van der Waals surface area contributed by atoms with Crippen molar-refractivity contribution < 1.29 is 0 Å². The maximum absolute atomic E-state index is 5.08. The monoisotopic (exact) mass is 678 g/mol. The number of hydrogen-bond donors (Lipinski definition) is 0. The molecule has 0 spiro atoms. The van der Waals surface area contributed by atoms with Crippen molar-refractivity contribution >= 4 is 60.7 Å². The Morgan fingerprint density at radius 3 is 1.89 bits per heavy atom. The van der Waals surface area contributed by atoms with Crippen molar-refractivity contribution in [2.24, 2.45) is 0 Å². The molecule has 3 aromatic heterocycles. The molecule has 0 bridgehead atoms. The highest BCUT2D eigenvalue weighted by Crippen LogP contribution is 2.40. The number of fused-ring (bicyclic) bond motifs is 6. The smallest absolute Gasteiger partial charge is 0.0972 e. The molecular formula is C49H34N4. The fourth-order valence-electron chi connectivity index (χ4n) is 7.80. The van der Waals surface area contributed by atoms with Crippen molar-refractivity contribution in [1.82, 2.24) is 14.5 Å². The molecule has 0 aliphatic rings. The average molecular weight is 679 g/mol. The van der Waals surface area contributed by atoms with Crippen LogP contribution < -0.4 is 4.90 Å². The quantitative estimate of drug-likeness (QED) is 0.164. The molecule has 53 heavy (non-hydrogen) atoms. The number of anilines is 3. The molecule has 7 aromatic carbocycles. The lowest BCUT2D eigenvalue weighted by Crippen LogP contribution is -2.09. The predicted octanol–water partition coefficient (Wildman–Crippen LogP) is 13.0. The highest BCUT2D eigenvalue weighted by atomic mass is 15.1. The Balaban J connectivity index is 1.02. The van der Waals surface area contributed by atoms with Gasteiger partial charge in [-0.15, -0.1) is 0 Å². The number of rotatable bonds is 6. The van der Waals surface area contributed by atoms with Crippen LogP contribution in [0.25, 0.3) is 71.7 Å². The lowest BCUT2D eigenvalue weighted by molar-refractivity contribution is 1.18. The van der Waals surface area contributed by atoms with E-state index in [0.717, 1.165) is 55.8 Å². The zero-order valence-electron chi connectivity index (χ0n) is 29.2. The fourth-order valence-corrected chi connectivity index (χ4v) is 7.80. The van der Waals surface area contributed by atoms with Crippen LogP contribution in [0.1, 0.15) is 5.56 Å². The molecule has 0 aliphatic carbocycles. The van der Waals surface area contributed by atoms with E-state index in [0.29, 0.717) is 0 Å². The maximum Gasteiger partial charge on any atom is 0.0972 e. The number of pyridine rings is 2. The van der Waals surface area contributed by atoms with Crippen LogP contribution >= 0.6 is 0 Å². The molecule has 250 valence electrons. The zero-order chi connectivity index (χ0) is 35.3. The van der Waals surface area contributed by atoms with Crippen LogP contribution in [0.5, 0.6) is 0 Å². The summed E-state index contributed by atoms with van der Waals surface area (Å²) in [5, 5.41) is 4.64. The van der Waals surface area contributed by atoms with Crippen LogP contribution in [-0.2, 0) is 0 Å². The van der Waals surface area contributed by atoms with Crippen LogP contribution in [0.15, 0.2) is 188 Å². The first-order valence-corrected chi connectivity index (χ1v) is 18.0. The predicted molar refractivity (Wildman–Crippen MR) is 222 cm³/mol. The van der Waals surface area contributed by atoms with E-state index in [-0.39, 0.29) is 0 Å². The van der Waals surface area contributed by atoms with Crippen molar-refractivity contribution in [3.63, 3.8) is 0 Å².